The Kier molecular flexibility index (Phi) is 3.83. The molecule has 3 aromatic rings. The van der Waals surface area contributed by atoms with Crippen LogP contribution in [-0.4, -0.2) is 19.7 Å². The topological polar surface area (TPSA) is 55.6 Å². The van der Waals surface area contributed by atoms with Crippen molar-refractivity contribution in [2.24, 2.45) is 0 Å². The zero-order chi connectivity index (χ0) is 14.7. The van der Waals surface area contributed by atoms with E-state index in [4.69, 9.17) is 11.6 Å². The molecule has 1 aromatic carbocycles. The van der Waals surface area contributed by atoms with Crippen LogP contribution in [0.3, 0.4) is 0 Å². The summed E-state index contributed by atoms with van der Waals surface area (Å²) < 4.78 is 1.62. The molecule has 0 aliphatic carbocycles. The Bertz CT molecular complexity index is 722. The van der Waals surface area contributed by atoms with E-state index in [1.54, 1.807) is 17.2 Å². The zero-order valence-electron chi connectivity index (χ0n) is 11.5. The van der Waals surface area contributed by atoms with Crippen LogP contribution in [0.1, 0.15) is 11.1 Å². The summed E-state index contributed by atoms with van der Waals surface area (Å²) >= 11 is 5.96. The molecule has 0 atom stereocenters. The molecule has 0 radical (unpaired) electrons. The Balaban J connectivity index is 1.68. The molecular weight excluding hydrogens is 286 g/mol. The first-order chi connectivity index (χ1) is 10.2. The lowest BCUT2D eigenvalue weighted by Crippen LogP contribution is -2.03. The Hall–Kier alpha value is -2.40. The molecule has 1 N–H and O–H groups in total. The maximum atomic E-state index is 5.96. The third-order valence-electron chi connectivity index (χ3n) is 3.19. The van der Waals surface area contributed by atoms with E-state index in [1.807, 2.05) is 30.3 Å². The van der Waals surface area contributed by atoms with Crippen molar-refractivity contribution >= 4 is 17.3 Å². The molecule has 106 valence electrons. The molecule has 6 heteroatoms. The van der Waals surface area contributed by atoms with Crippen molar-refractivity contribution in [1.29, 1.82) is 0 Å². The molecule has 0 unspecified atom stereocenters. The maximum absolute atomic E-state index is 5.96. The number of hydrogen-bond acceptors (Lipinski definition) is 4. The number of pyridine rings is 1. The largest absolute Gasteiger partial charge is 0.380 e. The van der Waals surface area contributed by atoms with Crippen molar-refractivity contribution in [2.45, 2.75) is 13.5 Å². The number of aryl methyl sites for hydroxylation is 1. The minimum Gasteiger partial charge on any atom is -0.380 e. The number of halogens is 1. The van der Waals surface area contributed by atoms with Gasteiger partial charge in [0.05, 0.1) is 11.9 Å². The molecule has 0 aliphatic rings. The van der Waals surface area contributed by atoms with Crippen LogP contribution in [0.15, 0.2) is 49.2 Å². The van der Waals surface area contributed by atoms with Crippen LogP contribution in [-0.2, 0) is 6.54 Å². The first-order valence-corrected chi connectivity index (χ1v) is 6.90. The average molecular weight is 300 g/mol. The van der Waals surface area contributed by atoms with Gasteiger partial charge in [0, 0.05) is 11.6 Å². The van der Waals surface area contributed by atoms with Crippen LogP contribution in [0.2, 0.25) is 5.02 Å². The Morgan fingerprint density at radius 1 is 1.24 bits per heavy atom. The van der Waals surface area contributed by atoms with Crippen LogP contribution in [0, 0.1) is 6.92 Å². The smallest absolute Gasteiger partial charge is 0.155 e. The number of benzene rings is 1. The van der Waals surface area contributed by atoms with Gasteiger partial charge in [0.15, 0.2) is 5.82 Å². The van der Waals surface area contributed by atoms with Crippen molar-refractivity contribution in [3.05, 3.63) is 65.3 Å². The van der Waals surface area contributed by atoms with Gasteiger partial charge in [-0.2, -0.15) is 5.10 Å². The summed E-state index contributed by atoms with van der Waals surface area (Å²) in [7, 11) is 0. The fourth-order valence-corrected chi connectivity index (χ4v) is 2.23. The second-order valence-corrected chi connectivity index (χ2v) is 5.11. The minimum atomic E-state index is 0.730. The standard InChI is InChI=1S/C15H14ClN5/c1-11-6-13(16)3-2-12(11)7-18-14-4-5-15(19-8-14)21-10-17-9-20-21/h2-6,8-10,18H,7H2,1H3. The number of rotatable bonds is 4. The van der Waals surface area contributed by atoms with Gasteiger partial charge >= 0.3 is 0 Å². The highest BCUT2D eigenvalue weighted by molar-refractivity contribution is 6.30. The minimum absolute atomic E-state index is 0.730. The van der Waals surface area contributed by atoms with Crippen molar-refractivity contribution < 1.29 is 0 Å². The molecule has 0 bridgehead atoms. The number of hydrogen-bond donors (Lipinski definition) is 1. The van der Waals surface area contributed by atoms with E-state index < -0.39 is 0 Å². The average Bonchev–Trinajstić information content (AvgIpc) is 3.01. The summed E-state index contributed by atoms with van der Waals surface area (Å²) in [4.78, 5) is 8.25. The van der Waals surface area contributed by atoms with E-state index in [-0.39, 0.29) is 0 Å². The highest BCUT2D eigenvalue weighted by Crippen LogP contribution is 2.17. The quantitative estimate of drug-likeness (QED) is 0.803. The lowest BCUT2D eigenvalue weighted by molar-refractivity contribution is 0.845. The molecular formula is C15H14ClN5. The molecule has 2 heterocycles. The van der Waals surface area contributed by atoms with Crippen molar-refractivity contribution in [2.75, 3.05) is 5.32 Å². The SMILES string of the molecule is Cc1cc(Cl)ccc1CNc1ccc(-n2cncn2)nc1. The van der Waals surface area contributed by atoms with Crippen LogP contribution in [0.5, 0.6) is 0 Å². The number of nitrogens with one attached hydrogen (secondary N) is 1. The molecule has 0 fully saturated rings. The van der Waals surface area contributed by atoms with Crippen molar-refractivity contribution in [3.8, 4) is 5.82 Å². The van der Waals surface area contributed by atoms with Crippen LogP contribution in [0.25, 0.3) is 5.82 Å². The monoisotopic (exact) mass is 299 g/mol. The Morgan fingerprint density at radius 3 is 2.81 bits per heavy atom. The van der Waals surface area contributed by atoms with Crippen LogP contribution >= 0.6 is 11.6 Å². The van der Waals surface area contributed by atoms with Crippen LogP contribution < -0.4 is 5.32 Å². The van der Waals surface area contributed by atoms with Gasteiger partial charge in [-0.1, -0.05) is 17.7 Å². The summed E-state index contributed by atoms with van der Waals surface area (Å²) in [5.41, 5.74) is 3.33. The molecule has 3 rings (SSSR count). The van der Waals surface area contributed by atoms with E-state index in [0.717, 1.165) is 23.1 Å². The zero-order valence-corrected chi connectivity index (χ0v) is 12.2. The summed E-state index contributed by atoms with van der Waals surface area (Å²) in [6, 6.07) is 9.76. The molecule has 0 saturated carbocycles. The molecule has 5 nitrogen and oxygen atoms in total. The molecule has 21 heavy (non-hydrogen) atoms. The normalized spacial score (nSPS) is 10.6. The summed E-state index contributed by atoms with van der Waals surface area (Å²) in [5.74, 6) is 0.737. The van der Waals surface area contributed by atoms with E-state index in [2.05, 4.69) is 27.3 Å². The Morgan fingerprint density at radius 2 is 2.14 bits per heavy atom. The van der Waals surface area contributed by atoms with Gasteiger partial charge < -0.3 is 5.32 Å². The van der Waals surface area contributed by atoms with Gasteiger partial charge in [-0.15, -0.1) is 0 Å². The van der Waals surface area contributed by atoms with Crippen molar-refractivity contribution in [3.63, 3.8) is 0 Å². The van der Waals surface area contributed by atoms with Gasteiger partial charge in [-0.3, -0.25) is 0 Å². The van der Waals surface area contributed by atoms with E-state index in [0.29, 0.717) is 0 Å². The van der Waals surface area contributed by atoms with Gasteiger partial charge in [0.2, 0.25) is 0 Å². The lowest BCUT2D eigenvalue weighted by Gasteiger charge is -2.09. The molecule has 0 spiro atoms. The highest BCUT2D eigenvalue weighted by Gasteiger charge is 2.01. The van der Waals surface area contributed by atoms with Gasteiger partial charge in [-0.25, -0.2) is 14.6 Å². The van der Waals surface area contributed by atoms with Gasteiger partial charge in [-0.05, 0) is 42.3 Å². The number of aromatic nitrogens is 4. The number of anilines is 1. The summed E-state index contributed by atoms with van der Waals surface area (Å²) in [6.07, 6.45) is 4.88. The molecule has 0 aliphatic heterocycles. The summed E-state index contributed by atoms with van der Waals surface area (Å²) in [5, 5.41) is 8.14. The molecule has 0 amide bonds. The molecule has 2 aromatic heterocycles. The first-order valence-electron chi connectivity index (χ1n) is 6.52. The van der Waals surface area contributed by atoms with E-state index in [9.17, 15) is 0 Å². The second kappa shape index (κ2) is 5.93. The van der Waals surface area contributed by atoms with Gasteiger partial charge in [0.1, 0.15) is 12.7 Å². The number of nitrogens with zero attached hydrogens (tertiary/aromatic N) is 4. The van der Waals surface area contributed by atoms with Crippen LogP contribution in [0.4, 0.5) is 5.69 Å². The molecule has 0 saturated heterocycles. The van der Waals surface area contributed by atoms with E-state index in [1.165, 1.54) is 17.5 Å². The van der Waals surface area contributed by atoms with Gasteiger partial charge in [0.25, 0.3) is 0 Å². The fraction of sp³-hybridized carbons (Fsp3) is 0.133. The maximum Gasteiger partial charge on any atom is 0.155 e. The van der Waals surface area contributed by atoms with Crippen molar-refractivity contribution in [1.82, 2.24) is 19.7 Å². The lowest BCUT2D eigenvalue weighted by atomic mass is 10.1. The Labute approximate surface area is 127 Å². The predicted octanol–water partition coefficient (Wildman–Crippen LogP) is 3.24. The second-order valence-electron chi connectivity index (χ2n) is 4.67. The summed E-state index contributed by atoms with van der Waals surface area (Å²) in [6.45, 7) is 2.78. The fourth-order valence-electron chi connectivity index (χ4n) is 2.01. The first kappa shape index (κ1) is 13.6. The highest BCUT2D eigenvalue weighted by atomic mass is 35.5. The third-order valence-corrected chi connectivity index (χ3v) is 3.42. The third kappa shape index (κ3) is 3.20. The van der Waals surface area contributed by atoms with E-state index >= 15 is 0 Å². The predicted molar refractivity (Wildman–Crippen MR) is 82.7 cm³/mol.